The highest BCUT2D eigenvalue weighted by Crippen LogP contribution is 2.30. The van der Waals surface area contributed by atoms with E-state index in [-0.39, 0.29) is 12.1 Å². The lowest BCUT2D eigenvalue weighted by molar-refractivity contribution is -0.143. The van der Waals surface area contributed by atoms with Gasteiger partial charge in [0.2, 0.25) is 0 Å². The van der Waals surface area contributed by atoms with Gasteiger partial charge in [0.05, 0.1) is 6.61 Å². The van der Waals surface area contributed by atoms with Crippen LogP contribution in [0.1, 0.15) is 25.3 Å². The van der Waals surface area contributed by atoms with Crippen LogP contribution >= 0.6 is 11.6 Å². The van der Waals surface area contributed by atoms with Crippen molar-refractivity contribution < 1.29 is 14.3 Å². The van der Waals surface area contributed by atoms with Gasteiger partial charge < -0.3 is 14.8 Å². The molecule has 110 valence electrons. The second-order valence-electron chi connectivity index (χ2n) is 4.81. The lowest BCUT2D eigenvalue weighted by Crippen LogP contribution is -2.30. The van der Waals surface area contributed by atoms with Crippen LogP contribution in [0.15, 0.2) is 18.2 Å². The zero-order valence-corrected chi connectivity index (χ0v) is 12.4. The van der Waals surface area contributed by atoms with Crippen molar-refractivity contribution in [2.24, 2.45) is 0 Å². The van der Waals surface area contributed by atoms with Crippen molar-refractivity contribution in [3.8, 4) is 5.75 Å². The first-order valence-corrected chi connectivity index (χ1v) is 7.38. The van der Waals surface area contributed by atoms with Crippen LogP contribution in [0.25, 0.3) is 0 Å². The SMILES string of the molecule is CCOC(=O)CCCNCC1Cc2cc(Cl)ccc2O1. The third kappa shape index (κ3) is 4.39. The number of hydrogen-bond acceptors (Lipinski definition) is 4. The Kier molecular flexibility index (Phi) is 5.68. The van der Waals surface area contributed by atoms with Crippen LogP contribution in [0.5, 0.6) is 5.75 Å². The molecule has 1 unspecified atom stereocenters. The molecule has 1 aliphatic rings. The van der Waals surface area contributed by atoms with Gasteiger partial charge in [-0.3, -0.25) is 4.79 Å². The van der Waals surface area contributed by atoms with E-state index in [4.69, 9.17) is 21.1 Å². The summed E-state index contributed by atoms with van der Waals surface area (Å²) in [6.45, 7) is 3.82. The van der Waals surface area contributed by atoms with Gasteiger partial charge in [-0.1, -0.05) is 11.6 Å². The first kappa shape index (κ1) is 15.1. The quantitative estimate of drug-likeness (QED) is 0.621. The van der Waals surface area contributed by atoms with Gasteiger partial charge in [-0.25, -0.2) is 0 Å². The second kappa shape index (κ2) is 7.50. The Balaban J connectivity index is 1.61. The van der Waals surface area contributed by atoms with Gasteiger partial charge in [0.1, 0.15) is 11.9 Å². The number of fused-ring (bicyclic) bond motifs is 1. The Labute approximate surface area is 124 Å². The summed E-state index contributed by atoms with van der Waals surface area (Å²) in [4.78, 5) is 11.2. The Morgan fingerprint density at radius 2 is 2.40 bits per heavy atom. The number of rotatable bonds is 7. The molecule has 20 heavy (non-hydrogen) atoms. The zero-order valence-electron chi connectivity index (χ0n) is 11.7. The number of benzene rings is 1. The third-order valence-electron chi connectivity index (χ3n) is 3.18. The van der Waals surface area contributed by atoms with Gasteiger partial charge in [-0.15, -0.1) is 0 Å². The van der Waals surface area contributed by atoms with Crippen LogP contribution in [0.4, 0.5) is 0 Å². The van der Waals surface area contributed by atoms with Crippen LogP contribution in [0.2, 0.25) is 5.02 Å². The molecule has 1 aromatic carbocycles. The molecule has 0 fully saturated rings. The highest BCUT2D eigenvalue weighted by atomic mass is 35.5. The van der Waals surface area contributed by atoms with E-state index in [1.807, 2.05) is 25.1 Å². The maximum Gasteiger partial charge on any atom is 0.305 e. The zero-order chi connectivity index (χ0) is 14.4. The predicted molar refractivity (Wildman–Crippen MR) is 78.3 cm³/mol. The minimum absolute atomic E-state index is 0.131. The predicted octanol–water partition coefficient (Wildman–Crippen LogP) is 2.58. The van der Waals surface area contributed by atoms with E-state index in [9.17, 15) is 4.79 Å². The minimum Gasteiger partial charge on any atom is -0.488 e. The van der Waals surface area contributed by atoms with Crippen molar-refractivity contribution in [3.05, 3.63) is 28.8 Å². The van der Waals surface area contributed by atoms with E-state index in [1.54, 1.807) is 0 Å². The topological polar surface area (TPSA) is 47.6 Å². The van der Waals surface area contributed by atoms with Crippen molar-refractivity contribution >= 4 is 17.6 Å². The normalized spacial score (nSPS) is 16.6. The molecule has 1 heterocycles. The minimum atomic E-state index is -0.131. The number of esters is 1. The summed E-state index contributed by atoms with van der Waals surface area (Å²) in [7, 11) is 0. The molecule has 4 nitrogen and oxygen atoms in total. The summed E-state index contributed by atoms with van der Waals surface area (Å²) in [5, 5.41) is 4.05. The fourth-order valence-electron chi connectivity index (χ4n) is 2.26. The van der Waals surface area contributed by atoms with Crippen LogP contribution < -0.4 is 10.1 Å². The lowest BCUT2D eigenvalue weighted by Gasteiger charge is -2.11. The smallest absolute Gasteiger partial charge is 0.305 e. The van der Waals surface area contributed by atoms with Crippen molar-refractivity contribution in [1.29, 1.82) is 0 Å². The molecule has 2 rings (SSSR count). The van der Waals surface area contributed by atoms with E-state index in [2.05, 4.69) is 5.32 Å². The Bertz CT molecular complexity index is 464. The van der Waals surface area contributed by atoms with Crippen LogP contribution in [-0.2, 0) is 16.0 Å². The fourth-order valence-corrected chi connectivity index (χ4v) is 2.45. The van der Waals surface area contributed by atoms with Gasteiger partial charge >= 0.3 is 5.97 Å². The lowest BCUT2D eigenvalue weighted by atomic mass is 10.1. The van der Waals surface area contributed by atoms with Crippen LogP contribution in [0, 0.1) is 0 Å². The van der Waals surface area contributed by atoms with Gasteiger partial charge in [0, 0.05) is 24.4 Å². The van der Waals surface area contributed by atoms with Crippen molar-refractivity contribution in [1.82, 2.24) is 5.32 Å². The highest BCUT2D eigenvalue weighted by molar-refractivity contribution is 6.30. The standard InChI is InChI=1S/C15H20ClNO3/c1-2-19-15(18)4-3-7-17-10-13-9-11-8-12(16)5-6-14(11)20-13/h5-6,8,13,17H,2-4,7,9-10H2,1H3. The first-order chi connectivity index (χ1) is 9.69. The van der Waals surface area contributed by atoms with Gasteiger partial charge in [0.15, 0.2) is 0 Å². The Morgan fingerprint density at radius 3 is 3.20 bits per heavy atom. The Hall–Kier alpha value is -1.26. The van der Waals surface area contributed by atoms with Gasteiger partial charge in [-0.05, 0) is 43.7 Å². The van der Waals surface area contributed by atoms with Crippen LogP contribution in [-0.4, -0.2) is 31.8 Å². The summed E-state index contributed by atoms with van der Waals surface area (Å²) in [6, 6.07) is 5.71. The van der Waals surface area contributed by atoms with Gasteiger partial charge in [-0.2, -0.15) is 0 Å². The number of halogens is 1. The molecular weight excluding hydrogens is 278 g/mol. The maximum atomic E-state index is 11.2. The monoisotopic (exact) mass is 297 g/mol. The molecule has 0 radical (unpaired) electrons. The molecule has 0 spiro atoms. The average molecular weight is 298 g/mol. The highest BCUT2D eigenvalue weighted by Gasteiger charge is 2.22. The summed E-state index contributed by atoms with van der Waals surface area (Å²) < 4.78 is 10.7. The summed E-state index contributed by atoms with van der Waals surface area (Å²) in [6.07, 6.45) is 2.26. The van der Waals surface area contributed by atoms with Crippen molar-refractivity contribution in [2.45, 2.75) is 32.3 Å². The average Bonchev–Trinajstić information content (AvgIpc) is 2.80. The maximum absolute atomic E-state index is 11.2. The van der Waals surface area contributed by atoms with E-state index in [0.29, 0.717) is 13.0 Å². The fraction of sp³-hybridized carbons (Fsp3) is 0.533. The molecule has 5 heteroatoms. The molecule has 0 amide bonds. The molecule has 0 aliphatic carbocycles. The van der Waals surface area contributed by atoms with Crippen molar-refractivity contribution in [2.75, 3.05) is 19.7 Å². The molecule has 0 saturated carbocycles. The molecule has 0 aromatic heterocycles. The van der Waals surface area contributed by atoms with E-state index < -0.39 is 0 Å². The van der Waals surface area contributed by atoms with Crippen molar-refractivity contribution in [3.63, 3.8) is 0 Å². The third-order valence-corrected chi connectivity index (χ3v) is 3.41. The van der Waals surface area contributed by atoms with Gasteiger partial charge in [0.25, 0.3) is 0 Å². The molecule has 1 atom stereocenters. The second-order valence-corrected chi connectivity index (χ2v) is 5.25. The summed E-state index contributed by atoms with van der Waals surface area (Å²) in [5.41, 5.74) is 1.16. The number of ether oxygens (including phenoxy) is 2. The van der Waals surface area contributed by atoms with E-state index in [0.717, 1.165) is 42.3 Å². The molecule has 1 aromatic rings. The van der Waals surface area contributed by atoms with Crippen LogP contribution in [0.3, 0.4) is 0 Å². The molecule has 0 saturated heterocycles. The van der Waals surface area contributed by atoms with E-state index >= 15 is 0 Å². The van der Waals surface area contributed by atoms with E-state index in [1.165, 1.54) is 0 Å². The Morgan fingerprint density at radius 1 is 1.55 bits per heavy atom. The number of hydrogen-bond donors (Lipinski definition) is 1. The largest absolute Gasteiger partial charge is 0.488 e. The molecular formula is C15H20ClNO3. The summed E-state index contributed by atoms with van der Waals surface area (Å²) >= 11 is 5.96. The molecule has 1 aliphatic heterocycles. The number of nitrogens with one attached hydrogen (secondary N) is 1. The molecule has 1 N–H and O–H groups in total. The number of carbonyl (C=O) groups excluding carboxylic acids is 1. The first-order valence-electron chi connectivity index (χ1n) is 7.00. The molecule has 0 bridgehead atoms. The number of carbonyl (C=O) groups is 1. The summed E-state index contributed by atoms with van der Waals surface area (Å²) in [5.74, 6) is 0.793.